The number of likely N-dealkylation sites (tertiary alicyclic amines) is 1. The minimum Gasteiger partial charge on any atom is -0.496 e. The molecule has 3 N–H and O–H groups in total. The summed E-state index contributed by atoms with van der Waals surface area (Å²) in [7, 11) is 1.71. The van der Waals surface area contributed by atoms with E-state index in [1.165, 1.54) is 16.0 Å². The monoisotopic (exact) mass is 585 g/mol. The fraction of sp³-hybridized carbons (Fsp3) is 0.312. The van der Waals surface area contributed by atoms with Crippen LogP contribution in [0.25, 0.3) is 22.0 Å². The summed E-state index contributed by atoms with van der Waals surface area (Å²) in [5.41, 5.74) is 5.35. The van der Waals surface area contributed by atoms with Crippen molar-refractivity contribution in [3.05, 3.63) is 84.3 Å². The number of carbonyl (C=O) groups excluding carboxylic acids is 3. The van der Waals surface area contributed by atoms with Gasteiger partial charge in [0, 0.05) is 41.0 Å². The lowest BCUT2D eigenvalue weighted by Gasteiger charge is -2.23. The van der Waals surface area contributed by atoms with Crippen molar-refractivity contribution in [3.63, 3.8) is 0 Å². The largest absolute Gasteiger partial charge is 0.496 e. The average Bonchev–Trinajstić information content (AvgIpc) is 3.78. The van der Waals surface area contributed by atoms with Crippen LogP contribution in [0.4, 0.5) is 0 Å². The highest BCUT2D eigenvalue weighted by molar-refractivity contribution is 5.90. The summed E-state index contributed by atoms with van der Waals surface area (Å²) in [5, 5.41) is 6.16. The van der Waals surface area contributed by atoms with Crippen molar-refractivity contribution in [2.75, 3.05) is 33.4 Å². The number of aromatic amines is 1. The van der Waals surface area contributed by atoms with Gasteiger partial charge in [-0.15, -0.1) is 0 Å². The molecule has 2 aliphatic heterocycles. The number of aromatic nitrogens is 2. The molecule has 0 bridgehead atoms. The van der Waals surface area contributed by atoms with E-state index >= 15 is 0 Å². The molecule has 2 aromatic carbocycles. The van der Waals surface area contributed by atoms with Crippen LogP contribution in [0.3, 0.4) is 0 Å². The third-order valence-corrected chi connectivity index (χ3v) is 7.43. The lowest BCUT2D eigenvalue weighted by atomic mass is 10.0. The third kappa shape index (κ3) is 7.02. The number of nitrogens with one attached hydrogen (secondary N) is 3. The van der Waals surface area contributed by atoms with Gasteiger partial charge in [-0.1, -0.05) is 42.0 Å². The topological polar surface area (TPSA) is 135 Å². The smallest absolute Gasteiger partial charge is 0.243 e. The van der Waals surface area contributed by atoms with E-state index in [1.54, 1.807) is 19.5 Å². The van der Waals surface area contributed by atoms with Crippen LogP contribution in [0, 0.1) is 6.92 Å². The average molecular weight is 586 g/mol. The molecular formula is C32H35N5O6. The maximum Gasteiger partial charge on any atom is 0.243 e. The number of fused-ring (bicyclic) bond motifs is 1. The van der Waals surface area contributed by atoms with Gasteiger partial charge in [0.25, 0.3) is 0 Å². The molecule has 2 fully saturated rings. The molecule has 2 saturated heterocycles. The molecule has 3 amide bonds. The molecule has 4 heterocycles. The lowest BCUT2D eigenvalue weighted by Crippen LogP contribution is -2.48. The zero-order valence-electron chi connectivity index (χ0n) is 24.2. The summed E-state index contributed by atoms with van der Waals surface area (Å²) in [5.74, 6) is -0.690. The Bertz CT molecular complexity index is 1530. The molecule has 11 nitrogen and oxygen atoms in total. The second-order valence-corrected chi connectivity index (χ2v) is 10.4. The van der Waals surface area contributed by atoms with Gasteiger partial charge in [0.1, 0.15) is 11.8 Å². The van der Waals surface area contributed by atoms with Crippen LogP contribution in [0.1, 0.15) is 17.7 Å². The SMILES string of the molecule is COc1ccc(C)cc1-c1ccccc1.O=CNCC(=O)N1CC2(CC1C(=O)NCc1cc3cnccc3[nH]1)OCCO2. The van der Waals surface area contributed by atoms with Crippen LogP contribution < -0.4 is 15.4 Å². The normalized spacial score (nSPS) is 16.9. The van der Waals surface area contributed by atoms with Gasteiger partial charge in [-0.05, 0) is 36.8 Å². The number of methoxy groups -OCH3 is 1. The zero-order valence-corrected chi connectivity index (χ0v) is 24.2. The Morgan fingerprint density at radius 1 is 1.14 bits per heavy atom. The number of ether oxygens (including phenoxy) is 3. The molecule has 0 radical (unpaired) electrons. The molecule has 224 valence electrons. The second-order valence-electron chi connectivity index (χ2n) is 10.4. The predicted octanol–water partition coefficient (Wildman–Crippen LogP) is 2.94. The molecule has 11 heteroatoms. The highest BCUT2D eigenvalue weighted by atomic mass is 16.7. The van der Waals surface area contributed by atoms with Gasteiger partial charge in [0.05, 0.1) is 40.0 Å². The maximum absolute atomic E-state index is 12.8. The molecule has 2 aromatic heterocycles. The number of carbonyl (C=O) groups is 3. The van der Waals surface area contributed by atoms with E-state index < -0.39 is 11.8 Å². The Hall–Kier alpha value is -4.74. The fourth-order valence-corrected chi connectivity index (χ4v) is 5.36. The molecule has 1 atom stereocenters. The molecule has 2 aliphatic rings. The Morgan fingerprint density at radius 2 is 1.93 bits per heavy atom. The number of benzene rings is 2. The molecule has 1 spiro atoms. The van der Waals surface area contributed by atoms with Crippen molar-refractivity contribution < 1.29 is 28.6 Å². The minimum atomic E-state index is -0.953. The van der Waals surface area contributed by atoms with Crippen LogP contribution in [0.15, 0.2) is 73.1 Å². The second kappa shape index (κ2) is 13.5. The van der Waals surface area contributed by atoms with Crippen molar-refractivity contribution in [1.82, 2.24) is 25.5 Å². The van der Waals surface area contributed by atoms with Crippen LogP contribution in [-0.2, 0) is 30.4 Å². The first-order valence-electron chi connectivity index (χ1n) is 14.1. The van der Waals surface area contributed by atoms with Crippen molar-refractivity contribution >= 4 is 29.1 Å². The van der Waals surface area contributed by atoms with Crippen LogP contribution in [0.5, 0.6) is 5.75 Å². The standard InChI is InChI=1S/C18H21N5O5.C14H14O/c24-11-20-9-16(25)23-10-18(27-3-4-28-18)6-15(23)17(26)21-8-13-5-12-7-19-2-1-14(12)22-13;1-11-8-9-14(15-2)13(10-11)12-6-4-3-5-7-12/h1-2,5,7,11,15,22H,3-4,6,8-10H2,(H,20,24)(H,21,26);3-10H,1-2H3. The van der Waals surface area contributed by atoms with Crippen molar-refractivity contribution in [2.24, 2.45) is 0 Å². The van der Waals surface area contributed by atoms with Gasteiger partial charge in [-0.3, -0.25) is 19.4 Å². The number of nitrogens with zero attached hydrogens (tertiary/aromatic N) is 2. The summed E-state index contributed by atoms with van der Waals surface area (Å²) in [6.45, 7) is 3.19. The van der Waals surface area contributed by atoms with Crippen molar-refractivity contribution in [2.45, 2.75) is 31.7 Å². The number of aryl methyl sites for hydroxylation is 1. The van der Waals surface area contributed by atoms with Gasteiger partial charge < -0.3 is 34.7 Å². The first-order chi connectivity index (χ1) is 20.9. The first-order valence-corrected chi connectivity index (χ1v) is 14.1. The summed E-state index contributed by atoms with van der Waals surface area (Å²) in [6, 6.07) is 19.5. The molecule has 4 aromatic rings. The van der Waals surface area contributed by atoms with Gasteiger partial charge in [-0.2, -0.15) is 0 Å². The quantitative estimate of drug-likeness (QED) is 0.271. The van der Waals surface area contributed by atoms with E-state index in [-0.39, 0.29) is 37.9 Å². The van der Waals surface area contributed by atoms with Gasteiger partial charge >= 0.3 is 0 Å². The van der Waals surface area contributed by atoms with Gasteiger partial charge in [-0.25, -0.2) is 0 Å². The third-order valence-electron chi connectivity index (χ3n) is 7.43. The highest BCUT2D eigenvalue weighted by Crippen LogP contribution is 2.35. The van der Waals surface area contributed by atoms with Crippen LogP contribution in [0.2, 0.25) is 0 Å². The van der Waals surface area contributed by atoms with E-state index in [4.69, 9.17) is 14.2 Å². The zero-order chi connectivity index (χ0) is 30.2. The molecule has 0 aliphatic carbocycles. The van der Waals surface area contributed by atoms with Crippen molar-refractivity contribution in [3.8, 4) is 16.9 Å². The van der Waals surface area contributed by atoms with E-state index in [2.05, 4.69) is 51.8 Å². The molecule has 0 saturated carbocycles. The number of amides is 3. The number of pyridine rings is 1. The highest BCUT2D eigenvalue weighted by Gasteiger charge is 2.52. The van der Waals surface area contributed by atoms with Crippen molar-refractivity contribution in [1.29, 1.82) is 0 Å². The van der Waals surface area contributed by atoms with E-state index in [1.807, 2.05) is 36.4 Å². The van der Waals surface area contributed by atoms with E-state index in [9.17, 15) is 14.4 Å². The summed E-state index contributed by atoms with van der Waals surface area (Å²) in [6.07, 6.45) is 4.14. The molecule has 6 rings (SSSR count). The molecular weight excluding hydrogens is 550 g/mol. The number of rotatable bonds is 8. The van der Waals surface area contributed by atoms with Crippen LogP contribution in [-0.4, -0.2) is 78.3 Å². The Labute approximate surface area is 249 Å². The fourth-order valence-electron chi connectivity index (χ4n) is 5.36. The summed E-state index contributed by atoms with van der Waals surface area (Å²) in [4.78, 5) is 44.5. The number of hydrogen-bond acceptors (Lipinski definition) is 7. The van der Waals surface area contributed by atoms with Gasteiger partial charge in [0.15, 0.2) is 5.79 Å². The van der Waals surface area contributed by atoms with E-state index in [0.29, 0.717) is 19.6 Å². The first kappa shape index (κ1) is 29.7. The van der Waals surface area contributed by atoms with E-state index in [0.717, 1.165) is 27.9 Å². The van der Waals surface area contributed by atoms with Gasteiger partial charge in [0.2, 0.25) is 18.2 Å². The van der Waals surface area contributed by atoms with Crippen LogP contribution >= 0.6 is 0 Å². The minimum absolute atomic E-state index is 0.155. The number of hydrogen-bond donors (Lipinski definition) is 3. The molecule has 43 heavy (non-hydrogen) atoms. The lowest BCUT2D eigenvalue weighted by molar-refractivity contribution is -0.152. The maximum atomic E-state index is 12.8. The summed E-state index contributed by atoms with van der Waals surface area (Å²) >= 11 is 0. The number of H-pyrrole nitrogens is 1. The predicted molar refractivity (Wildman–Crippen MR) is 160 cm³/mol. The molecule has 1 unspecified atom stereocenters. The summed E-state index contributed by atoms with van der Waals surface area (Å²) < 4.78 is 16.7. The Balaban J connectivity index is 0.000000207. The Kier molecular flexibility index (Phi) is 9.33. The Morgan fingerprint density at radius 3 is 2.65 bits per heavy atom.